The number of aromatic nitrogens is 3. The number of aromatic hydroxyl groups is 1. The van der Waals surface area contributed by atoms with E-state index in [1.54, 1.807) is 65.5 Å². The fourth-order valence-corrected chi connectivity index (χ4v) is 5.11. The molecule has 2 amide bonds. The van der Waals surface area contributed by atoms with E-state index in [9.17, 15) is 19.5 Å². The predicted octanol–water partition coefficient (Wildman–Crippen LogP) is 3.27. The summed E-state index contributed by atoms with van der Waals surface area (Å²) >= 11 is 6.14. The molecule has 10 nitrogen and oxygen atoms in total. The number of carbonyl (C=O) groups is 2. The number of nitrogens with zero attached hydrogens (tertiary/aromatic N) is 4. The number of carbonyl (C=O) groups excluding carboxylic acids is 2. The number of amides is 2. The number of halogens is 1. The van der Waals surface area contributed by atoms with Crippen LogP contribution in [0, 0.1) is 0 Å². The molecule has 0 saturated heterocycles. The molecule has 11 heteroatoms. The van der Waals surface area contributed by atoms with Crippen LogP contribution in [0.25, 0.3) is 16.6 Å². The highest BCUT2D eigenvalue weighted by atomic mass is 35.5. The first kappa shape index (κ1) is 25.6. The number of nitrogens with one attached hydrogen (secondary N) is 2. The average molecular weight is 537 g/mol. The Morgan fingerprint density at radius 2 is 1.89 bits per heavy atom. The monoisotopic (exact) mass is 536 g/mol. The third-order valence-electron chi connectivity index (χ3n) is 6.88. The van der Waals surface area contributed by atoms with Crippen LogP contribution < -0.4 is 15.9 Å². The number of hydrogen-bond acceptors (Lipinski definition) is 5. The van der Waals surface area contributed by atoms with Crippen LogP contribution in [0.1, 0.15) is 34.9 Å². The molecule has 0 aliphatic carbocycles. The van der Waals surface area contributed by atoms with E-state index in [2.05, 4.69) is 10.3 Å². The van der Waals surface area contributed by atoms with Crippen LogP contribution in [0.2, 0.25) is 5.02 Å². The molecule has 0 bridgehead atoms. The van der Waals surface area contributed by atoms with Crippen molar-refractivity contribution in [3.05, 3.63) is 75.4 Å². The van der Waals surface area contributed by atoms with Gasteiger partial charge in [-0.15, -0.1) is 0 Å². The largest absolute Gasteiger partial charge is 0.493 e. The highest BCUT2D eigenvalue weighted by Gasteiger charge is 2.31. The number of hydrogen-bond donors (Lipinski definition) is 3. The van der Waals surface area contributed by atoms with Gasteiger partial charge < -0.3 is 25.2 Å². The minimum Gasteiger partial charge on any atom is -0.493 e. The van der Waals surface area contributed by atoms with Gasteiger partial charge in [0.1, 0.15) is 5.69 Å². The van der Waals surface area contributed by atoms with Gasteiger partial charge in [-0.05, 0) is 63.3 Å². The second kappa shape index (κ2) is 10.0. The van der Waals surface area contributed by atoms with Crippen LogP contribution in [0.5, 0.6) is 5.88 Å². The standard InChI is InChI=1S/C27H29ClN6O4/c1-31(2)15-23(35)32(3)17-7-9-18(10-8-17)34-26(37)24-21(5-4-12-33(24)27(34)38)30-25(36)16-6-11-19-20(28)14-29-22(19)13-16/h6-11,13-14,21,29,37H,4-5,12,15H2,1-3H3,(H,30,36)/t21-/m1/s1. The van der Waals surface area contributed by atoms with E-state index in [0.29, 0.717) is 47.0 Å². The van der Waals surface area contributed by atoms with Gasteiger partial charge in [-0.2, -0.15) is 0 Å². The molecule has 0 unspecified atom stereocenters. The molecule has 5 rings (SSSR count). The number of imidazole rings is 1. The number of rotatable bonds is 6. The normalized spacial score (nSPS) is 15.0. The third-order valence-corrected chi connectivity index (χ3v) is 7.19. The summed E-state index contributed by atoms with van der Waals surface area (Å²) < 4.78 is 2.75. The molecule has 1 aliphatic heterocycles. The van der Waals surface area contributed by atoms with Crippen LogP contribution in [0.4, 0.5) is 5.69 Å². The van der Waals surface area contributed by atoms with Gasteiger partial charge in [0.05, 0.1) is 23.3 Å². The molecule has 0 radical (unpaired) electrons. The number of likely N-dealkylation sites (N-methyl/N-ethyl adjacent to an activating group) is 2. The zero-order valence-electron chi connectivity index (χ0n) is 21.4. The van der Waals surface area contributed by atoms with Crippen molar-refractivity contribution in [2.24, 2.45) is 0 Å². The smallest absolute Gasteiger partial charge is 0.335 e. The number of H-pyrrole nitrogens is 1. The molecule has 38 heavy (non-hydrogen) atoms. The second-order valence-corrected chi connectivity index (χ2v) is 10.2. The van der Waals surface area contributed by atoms with E-state index in [1.165, 1.54) is 9.13 Å². The average Bonchev–Trinajstić information content (AvgIpc) is 3.39. The number of benzene rings is 2. The molecular weight excluding hydrogens is 508 g/mol. The molecule has 2 aromatic heterocycles. The minimum absolute atomic E-state index is 0.0702. The number of fused-ring (bicyclic) bond motifs is 2. The molecule has 0 fully saturated rings. The van der Waals surface area contributed by atoms with E-state index in [1.807, 2.05) is 14.1 Å². The van der Waals surface area contributed by atoms with Crippen molar-refractivity contribution in [3.63, 3.8) is 0 Å². The predicted molar refractivity (Wildman–Crippen MR) is 146 cm³/mol. The summed E-state index contributed by atoms with van der Waals surface area (Å²) in [6.45, 7) is 0.707. The molecule has 0 saturated carbocycles. The Kier molecular flexibility index (Phi) is 6.77. The summed E-state index contributed by atoms with van der Waals surface area (Å²) in [6.07, 6.45) is 2.92. The van der Waals surface area contributed by atoms with Gasteiger partial charge in [-0.3, -0.25) is 14.2 Å². The van der Waals surface area contributed by atoms with E-state index in [0.717, 1.165) is 10.9 Å². The van der Waals surface area contributed by atoms with E-state index in [-0.39, 0.29) is 29.9 Å². The lowest BCUT2D eigenvalue weighted by Crippen LogP contribution is -2.35. The van der Waals surface area contributed by atoms with Crippen LogP contribution in [0.15, 0.2) is 53.5 Å². The van der Waals surface area contributed by atoms with Gasteiger partial charge in [0.15, 0.2) is 0 Å². The number of anilines is 1. The highest BCUT2D eigenvalue weighted by molar-refractivity contribution is 6.35. The van der Waals surface area contributed by atoms with Gasteiger partial charge in [0.2, 0.25) is 11.8 Å². The lowest BCUT2D eigenvalue weighted by molar-refractivity contribution is -0.118. The van der Waals surface area contributed by atoms with Crippen molar-refractivity contribution in [1.82, 2.24) is 24.3 Å². The van der Waals surface area contributed by atoms with Gasteiger partial charge in [-0.25, -0.2) is 9.36 Å². The fourth-order valence-electron chi connectivity index (χ4n) is 4.89. The fraction of sp³-hybridized carbons (Fsp3) is 0.296. The third kappa shape index (κ3) is 4.57. The molecular formula is C27H29ClN6O4. The second-order valence-electron chi connectivity index (χ2n) is 9.75. The summed E-state index contributed by atoms with van der Waals surface area (Å²) in [4.78, 5) is 45.2. The molecule has 198 valence electrons. The summed E-state index contributed by atoms with van der Waals surface area (Å²) in [5.41, 5.74) is 2.31. The zero-order chi connectivity index (χ0) is 27.1. The molecule has 3 heterocycles. The first-order chi connectivity index (χ1) is 18.2. The van der Waals surface area contributed by atoms with Crippen molar-refractivity contribution < 1.29 is 14.7 Å². The molecule has 4 aromatic rings. The highest BCUT2D eigenvalue weighted by Crippen LogP contribution is 2.33. The lowest BCUT2D eigenvalue weighted by atomic mass is 10.0. The van der Waals surface area contributed by atoms with E-state index in [4.69, 9.17) is 11.6 Å². The Bertz CT molecular complexity index is 1580. The molecule has 1 atom stereocenters. The maximum atomic E-state index is 13.3. The van der Waals surface area contributed by atoms with Crippen molar-refractivity contribution >= 4 is 40.0 Å². The van der Waals surface area contributed by atoms with Crippen molar-refractivity contribution in [2.75, 3.05) is 32.6 Å². The van der Waals surface area contributed by atoms with Crippen LogP contribution in [0.3, 0.4) is 0 Å². The summed E-state index contributed by atoms with van der Waals surface area (Å²) in [5, 5.41) is 15.6. The lowest BCUT2D eigenvalue weighted by Gasteiger charge is -2.24. The molecule has 1 aliphatic rings. The van der Waals surface area contributed by atoms with Gasteiger partial charge in [-0.1, -0.05) is 17.7 Å². The van der Waals surface area contributed by atoms with E-state index < -0.39 is 6.04 Å². The van der Waals surface area contributed by atoms with Gasteiger partial charge >= 0.3 is 5.69 Å². The van der Waals surface area contributed by atoms with Crippen LogP contribution in [-0.4, -0.2) is 63.6 Å². The molecule has 2 aromatic carbocycles. The Morgan fingerprint density at radius 3 is 2.61 bits per heavy atom. The maximum Gasteiger partial charge on any atom is 0.335 e. The van der Waals surface area contributed by atoms with Gasteiger partial charge in [0.25, 0.3) is 5.91 Å². The zero-order valence-corrected chi connectivity index (χ0v) is 22.1. The minimum atomic E-state index is -0.540. The molecule has 0 spiro atoms. The summed E-state index contributed by atoms with van der Waals surface area (Å²) in [5.74, 6) is -0.596. The molecule has 3 N–H and O–H groups in total. The Labute approximate surface area is 224 Å². The summed E-state index contributed by atoms with van der Waals surface area (Å²) in [7, 11) is 5.34. The van der Waals surface area contributed by atoms with Crippen LogP contribution >= 0.6 is 11.6 Å². The quantitative estimate of drug-likeness (QED) is 0.350. The topological polar surface area (TPSA) is 116 Å². The van der Waals surface area contributed by atoms with E-state index >= 15 is 0 Å². The van der Waals surface area contributed by atoms with Gasteiger partial charge in [0, 0.05) is 41.9 Å². The Hall–Kier alpha value is -4.02. The van der Waals surface area contributed by atoms with Crippen molar-refractivity contribution in [1.29, 1.82) is 0 Å². The SMILES string of the molecule is CN(C)CC(=O)N(C)c1ccc(-n2c(O)c3n(c2=O)CCC[C@H]3NC(=O)c2ccc3c(Cl)c[nH]c3c2)cc1. The summed E-state index contributed by atoms with van der Waals surface area (Å²) in [6, 6.07) is 11.5. The Morgan fingerprint density at radius 1 is 1.16 bits per heavy atom. The van der Waals surface area contributed by atoms with Crippen molar-refractivity contribution in [3.8, 4) is 11.6 Å². The maximum absolute atomic E-state index is 13.3. The first-order valence-corrected chi connectivity index (χ1v) is 12.7. The number of aromatic amines is 1. The van der Waals surface area contributed by atoms with Crippen molar-refractivity contribution in [2.45, 2.75) is 25.4 Å². The van der Waals surface area contributed by atoms with Crippen LogP contribution in [-0.2, 0) is 11.3 Å². The Balaban J connectivity index is 1.41. The first-order valence-electron chi connectivity index (χ1n) is 12.3.